The molecule has 5 nitrogen and oxygen atoms in total. The molecule has 0 saturated carbocycles. The molecule has 2 amide bonds. The Labute approximate surface area is 220 Å². The summed E-state index contributed by atoms with van der Waals surface area (Å²) < 4.78 is 15.3. The van der Waals surface area contributed by atoms with Crippen LogP contribution in [0.4, 0.5) is 10.1 Å². The van der Waals surface area contributed by atoms with Crippen LogP contribution in [0.1, 0.15) is 24.0 Å². The van der Waals surface area contributed by atoms with Gasteiger partial charge >= 0.3 is 0 Å². The van der Waals surface area contributed by atoms with E-state index in [-0.39, 0.29) is 30.7 Å². The van der Waals surface area contributed by atoms with Crippen molar-refractivity contribution in [1.29, 1.82) is 0 Å². The molecule has 0 atom stereocenters. The number of anilines is 1. The van der Waals surface area contributed by atoms with Gasteiger partial charge in [0, 0.05) is 34.9 Å². The van der Waals surface area contributed by atoms with E-state index >= 15 is 0 Å². The fraction of sp³-hybridized carbons (Fsp3) is 0.222. The molecule has 0 unspecified atom stereocenters. The maximum atomic E-state index is 13.5. The quantitative estimate of drug-likeness (QED) is 0.327. The van der Waals surface area contributed by atoms with Gasteiger partial charge in [-0.15, -0.1) is 0 Å². The fourth-order valence-corrected chi connectivity index (χ4v) is 4.52. The summed E-state index contributed by atoms with van der Waals surface area (Å²) in [6.45, 7) is 0. The number of carbonyl (C=O) groups is 2. The summed E-state index contributed by atoms with van der Waals surface area (Å²) >= 11 is 6.94. The van der Waals surface area contributed by atoms with Gasteiger partial charge in [-0.2, -0.15) is 5.10 Å². The van der Waals surface area contributed by atoms with Crippen molar-refractivity contribution in [3.63, 3.8) is 0 Å². The molecule has 0 saturated heterocycles. The van der Waals surface area contributed by atoms with Gasteiger partial charge in [0.2, 0.25) is 5.91 Å². The molecule has 0 bridgehead atoms. The van der Waals surface area contributed by atoms with Crippen molar-refractivity contribution < 1.29 is 14.0 Å². The number of nitrogens with zero attached hydrogens (tertiary/aromatic N) is 3. The second-order valence-electron chi connectivity index (χ2n) is 8.46. The molecule has 0 N–H and O–H groups in total. The Bertz CT molecular complexity index is 1180. The van der Waals surface area contributed by atoms with Gasteiger partial charge in [0.05, 0.1) is 5.69 Å². The topological polar surface area (TPSA) is 53.0 Å². The lowest BCUT2D eigenvalue weighted by Crippen LogP contribution is -2.46. The molecule has 0 spiro atoms. The predicted octanol–water partition coefficient (Wildman–Crippen LogP) is 6.15. The van der Waals surface area contributed by atoms with Gasteiger partial charge in [0.15, 0.2) is 0 Å². The standard InChI is InChI=1S/C27H24Br2FN3O2/c1-32(27(35)25-14-15-26(34)33(31-25)23-12-10-22(30)11-13-23)24(16-18-2-6-20(28)7-3-18)17-19-4-8-21(29)9-5-19/h2-13,24H,14-17H2,1H3. The molecule has 3 aromatic carbocycles. The minimum Gasteiger partial charge on any atom is -0.337 e. The Morgan fingerprint density at radius 1 is 0.914 bits per heavy atom. The maximum absolute atomic E-state index is 13.5. The van der Waals surface area contributed by atoms with E-state index in [0.717, 1.165) is 20.1 Å². The second-order valence-corrected chi connectivity index (χ2v) is 10.3. The van der Waals surface area contributed by atoms with Crippen molar-refractivity contribution in [3.8, 4) is 0 Å². The summed E-state index contributed by atoms with van der Waals surface area (Å²) in [5.74, 6) is -0.845. The normalized spacial score (nSPS) is 13.7. The Morgan fingerprint density at radius 3 is 1.94 bits per heavy atom. The molecule has 0 aromatic heterocycles. The van der Waals surface area contributed by atoms with Crippen LogP contribution < -0.4 is 5.01 Å². The van der Waals surface area contributed by atoms with Gasteiger partial charge in [-0.05, 0) is 72.5 Å². The van der Waals surface area contributed by atoms with E-state index in [1.807, 2.05) is 48.5 Å². The first-order chi connectivity index (χ1) is 16.8. The summed E-state index contributed by atoms with van der Waals surface area (Å²) in [6.07, 6.45) is 1.77. The number of amides is 2. The van der Waals surface area contributed by atoms with Crippen molar-refractivity contribution in [1.82, 2.24) is 4.90 Å². The highest BCUT2D eigenvalue weighted by Gasteiger charge is 2.30. The van der Waals surface area contributed by atoms with E-state index in [9.17, 15) is 14.0 Å². The average molecular weight is 601 g/mol. The molecule has 3 aromatic rings. The highest BCUT2D eigenvalue weighted by atomic mass is 79.9. The molecule has 4 rings (SSSR count). The average Bonchev–Trinajstić information content (AvgIpc) is 2.86. The Kier molecular flexibility index (Phi) is 8.13. The molecule has 1 heterocycles. The summed E-state index contributed by atoms with van der Waals surface area (Å²) in [5.41, 5.74) is 2.98. The molecule has 1 aliphatic rings. The number of hydrazone groups is 1. The Balaban J connectivity index is 1.59. The first kappa shape index (κ1) is 25.3. The third kappa shape index (κ3) is 6.44. The number of benzene rings is 3. The lowest BCUT2D eigenvalue weighted by Gasteiger charge is -2.31. The number of rotatable bonds is 7. The molecule has 1 aliphatic heterocycles. The van der Waals surface area contributed by atoms with E-state index in [1.165, 1.54) is 29.3 Å². The lowest BCUT2D eigenvalue weighted by molar-refractivity contribution is -0.125. The van der Waals surface area contributed by atoms with Crippen LogP contribution in [0.3, 0.4) is 0 Å². The van der Waals surface area contributed by atoms with Gasteiger partial charge in [-0.3, -0.25) is 9.59 Å². The molecule has 0 radical (unpaired) electrons. The van der Waals surface area contributed by atoms with Crippen LogP contribution in [-0.2, 0) is 22.4 Å². The summed E-state index contributed by atoms with van der Waals surface area (Å²) in [7, 11) is 1.78. The number of hydrogen-bond donors (Lipinski definition) is 0. The van der Waals surface area contributed by atoms with Gasteiger partial charge in [0.1, 0.15) is 11.5 Å². The van der Waals surface area contributed by atoms with Crippen molar-refractivity contribution in [2.45, 2.75) is 31.7 Å². The van der Waals surface area contributed by atoms with E-state index in [0.29, 0.717) is 24.2 Å². The van der Waals surface area contributed by atoms with Crippen molar-refractivity contribution in [2.75, 3.05) is 12.1 Å². The summed E-state index contributed by atoms with van der Waals surface area (Å²) in [5, 5.41) is 5.57. The number of likely N-dealkylation sites (N-methyl/N-ethyl adjacent to an activating group) is 1. The van der Waals surface area contributed by atoms with E-state index in [2.05, 4.69) is 37.0 Å². The third-order valence-corrected chi connectivity index (χ3v) is 7.05. The van der Waals surface area contributed by atoms with Crippen LogP contribution in [0.25, 0.3) is 0 Å². The molecular formula is C27H24Br2FN3O2. The van der Waals surface area contributed by atoms with Crippen LogP contribution in [-0.4, -0.2) is 35.5 Å². The Morgan fingerprint density at radius 2 is 1.43 bits per heavy atom. The maximum Gasteiger partial charge on any atom is 0.270 e. The highest BCUT2D eigenvalue weighted by Crippen LogP contribution is 2.23. The van der Waals surface area contributed by atoms with Crippen LogP contribution >= 0.6 is 31.9 Å². The SMILES string of the molecule is CN(C(=O)C1=NN(c2ccc(F)cc2)C(=O)CC1)C(Cc1ccc(Br)cc1)Cc1ccc(Br)cc1. The first-order valence-electron chi connectivity index (χ1n) is 11.2. The third-order valence-electron chi connectivity index (χ3n) is 5.99. The molecule has 180 valence electrons. The summed E-state index contributed by atoms with van der Waals surface area (Å²) in [6, 6.07) is 21.5. The zero-order chi connectivity index (χ0) is 24.9. The van der Waals surface area contributed by atoms with E-state index in [1.54, 1.807) is 11.9 Å². The van der Waals surface area contributed by atoms with E-state index in [4.69, 9.17) is 0 Å². The van der Waals surface area contributed by atoms with Gasteiger partial charge in [-0.25, -0.2) is 9.40 Å². The monoisotopic (exact) mass is 599 g/mol. The fourth-order valence-electron chi connectivity index (χ4n) is 3.99. The molecular weight excluding hydrogens is 577 g/mol. The van der Waals surface area contributed by atoms with Gasteiger partial charge < -0.3 is 4.90 Å². The first-order valence-corrected chi connectivity index (χ1v) is 12.8. The smallest absolute Gasteiger partial charge is 0.270 e. The molecule has 0 aliphatic carbocycles. The van der Waals surface area contributed by atoms with Crippen LogP contribution in [0.2, 0.25) is 0 Å². The van der Waals surface area contributed by atoms with Crippen LogP contribution in [0.5, 0.6) is 0 Å². The predicted molar refractivity (Wildman–Crippen MR) is 143 cm³/mol. The zero-order valence-corrected chi connectivity index (χ0v) is 22.3. The number of carbonyl (C=O) groups excluding carboxylic acids is 2. The largest absolute Gasteiger partial charge is 0.337 e. The second kappa shape index (κ2) is 11.3. The van der Waals surface area contributed by atoms with Crippen LogP contribution in [0.15, 0.2) is 86.8 Å². The minimum absolute atomic E-state index is 0.121. The highest BCUT2D eigenvalue weighted by molar-refractivity contribution is 9.10. The van der Waals surface area contributed by atoms with E-state index < -0.39 is 5.82 Å². The van der Waals surface area contributed by atoms with Crippen molar-refractivity contribution in [3.05, 3.63) is 98.7 Å². The zero-order valence-electron chi connectivity index (χ0n) is 19.1. The van der Waals surface area contributed by atoms with Crippen molar-refractivity contribution in [2.24, 2.45) is 5.10 Å². The van der Waals surface area contributed by atoms with Gasteiger partial charge in [-0.1, -0.05) is 56.1 Å². The number of halogens is 3. The van der Waals surface area contributed by atoms with Crippen LogP contribution in [0, 0.1) is 5.82 Å². The molecule has 8 heteroatoms. The minimum atomic E-state index is -0.401. The Hall–Kier alpha value is -2.84. The lowest BCUT2D eigenvalue weighted by atomic mass is 9.97. The molecule has 35 heavy (non-hydrogen) atoms. The van der Waals surface area contributed by atoms with Gasteiger partial charge in [0.25, 0.3) is 5.91 Å². The van der Waals surface area contributed by atoms with Crippen molar-refractivity contribution >= 4 is 55.1 Å². The summed E-state index contributed by atoms with van der Waals surface area (Å²) in [4.78, 5) is 27.8. The molecule has 0 fully saturated rings. The number of hydrogen-bond acceptors (Lipinski definition) is 3.